The fourth-order valence-electron chi connectivity index (χ4n) is 4.00. The van der Waals surface area contributed by atoms with E-state index in [1.54, 1.807) is 0 Å². The van der Waals surface area contributed by atoms with Crippen molar-refractivity contribution < 1.29 is 0 Å². The van der Waals surface area contributed by atoms with Crippen molar-refractivity contribution in [1.82, 2.24) is 20.4 Å². The highest BCUT2D eigenvalue weighted by Gasteiger charge is 2.20. The van der Waals surface area contributed by atoms with Gasteiger partial charge in [0, 0.05) is 32.7 Å². The van der Waals surface area contributed by atoms with Gasteiger partial charge in [0.25, 0.3) is 0 Å². The number of benzene rings is 1. The number of piperidine rings is 1. The number of nitrogens with one attached hydrogen (secondary N) is 2. The van der Waals surface area contributed by atoms with Gasteiger partial charge >= 0.3 is 0 Å². The van der Waals surface area contributed by atoms with Gasteiger partial charge in [0.15, 0.2) is 5.96 Å². The van der Waals surface area contributed by atoms with E-state index in [4.69, 9.17) is 0 Å². The van der Waals surface area contributed by atoms with E-state index in [0.717, 1.165) is 25.6 Å². The summed E-state index contributed by atoms with van der Waals surface area (Å²) in [4.78, 5) is 9.36. The van der Waals surface area contributed by atoms with Gasteiger partial charge in [-0.05, 0) is 63.5 Å². The van der Waals surface area contributed by atoms with Crippen LogP contribution < -0.4 is 10.6 Å². The largest absolute Gasteiger partial charge is 0.355 e. The number of nitrogens with zero attached hydrogens (tertiary/aromatic N) is 3. The fourth-order valence-corrected chi connectivity index (χ4v) is 4.00. The van der Waals surface area contributed by atoms with Crippen LogP contribution in [0.5, 0.6) is 0 Å². The van der Waals surface area contributed by atoms with E-state index in [9.17, 15) is 0 Å². The Morgan fingerprint density at radius 1 is 1.00 bits per heavy atom. The second-order valence-electron chi connectivity index (χ2n) is 7.74. The van der Waals surface area contributed by atoms with Crippen molar-refractivity contribution in [3.8, 4) is 0 Å². The molecule has 0 aliphatic carbocycles. The van der Waals surface area contributed by atoms with Crippen molar-refractivity contribution in [3.05, 3.63) is 35.4 Å². The summed E-state index contributed by atoms with van der Waals surface area (Å²) in [6.07, 6.45) is 6.68. The first-order valence-corrected chi connectivity index (χ1v) is 10.2. The topological polar surface area (TPSA) is 42.9 Å². The van der Waals surface area contributed by atoms with E-state index < -0.39 is 0 Å². The minimum Gasteiger partial charge on any atom is -0.355 e. The van der Waals surface area contributed by atoms with Gasteiger partial charge in [-0.3, -0.25) is 9.89 Å². The zero-order chi connectivity index (χ0) is 18.2. The van der Waals surface area contributed by atoms with E-state index in [1.807, 2.05) is 7.05 Å². The zero-order valence-electron chi connectivity index (χ0n) is 16.5. The Kier molecular flexibility index (Phi) is 7.32. The standard InChI is InChI=1S/C21H35N5/c1-22-21(24-16-20-7-6-12-25(20)2)23-15-18-8-10-19(11-9-18)17-26-13-4-3-5-14-26/h8-11,20H,3-7,12-17H2,1-2H3,(H2,22,23,24). The Bertz CT molecular complexity index is 562. The minimum absolute atomic E-state index is 0.627. The van der Waals surface area contributed by atoms with Gasteiger partial charge < -0.3 is 15.5 Å². The molecule has 0 bridgehead atoms. The Balaban J connectivity index is 1.41. The van der Waals surface area contributed by atoms with Crippen LogP contribution in [0.25, 0.3) is 0 Å². The molecule has 2 aliphatic heterocycles. The molecular weight excluding hydrogens is 322 g/mol. The molecule has 5 heteroatoms. The highest BCUT2D eigenvalue weighted by atomic mass is 15.2. The molecule has 1 aromatic carbocycles. The molecule has 0 aromatic heterocycles. The van der Waals surface area contributed by atoms with Crippen molar-refractivity contribution in [2.75, 3.05) is 40.3 Å². The second-order valence-corrected chi connectivity index (χ2v) is 7.74. The van der Waals surface area contributed by atoms with Gasteiger partial charge in [-0.15, -0.1) is 0 Å². The smallest absolute Gasteiger partial charge is 0.191 e. The van der Waals surface area contributed by atoms with Gasteiger partial charge in [-0.25, -0.2) is 0 Å². The summed E-state index contributed by atoms with van der Waals surface area (Å²) in [6.45, 7) is 6.58. The van der Waals surface area contributed by atoms with E-state index >= 15 is 0 Å². The fraction of sp³-hybridized carbons (Fsp3) is 0.667. The molecule has 0 spiro atoms. The third-order valence-corrected chi connectivity index (χ3v) is 5.74. The molecule has 0 amide bonds. The molecule has 0 radical (unpaired) electrons. The third-order valence-electron chi connectivity index (χ3n) is 5.74. The summed E-state index contributed by atoms with van der Waals surface area (Å²) in [7, 11) is 4.05. The van der Waals surface area contributed by atoms with E-state index in [0.29, 0.717) is 6.04 Å². The van der Waals surface area contributed by atoms with Crippen molar-refractivity contribution in [1.29, 1.82) is 0 Å². The summed E-state index contributed by atoms with van der Waals surface area (Å²) < 4.78 is 0. The lowest BCUT2D eigenvalue weighted by atomic mass is 10.1. The lowest BCUT2D eigenvalue weighted by Crippen LogP contribution is -2.43. The molecular formula is C21H35N5. The monoisotopic (exact) mass is 357 g/mol. The van der Waals surface area contributed by atoms with Crippen molar-refractivity contribution >= 4 is 5.96 Å². The predicted molar refractivity (Wildman–Crippen MR) is 109 cm³/mol. The normalized spacial score (nSPS) is 22.5. The number of rotatable bonds is 6. The number of hydrogen-bond acceptors (Lipinski definition) is 3. The quantitative estimate of drug-likeness (QED) is 0.606. The predicted octanol–water partition coefficient (Wildman–Crippen LogP) is 2.43. The van der Waals surface area contributed by atoms with Crippen LogP contribution in [0, 0.1) is 0 Å². The minimum atomic E-state index is 0.627. The van der Waals surface area contributed by atoms with Gasteiger partial charge in [0.2, 0.25) is 0 Å². The molecule has 2 fully saturated rings. The number of likely N-dealkylation sites (tertiary alicyclic amines) is 2. The molecule has 144 valence electrons. The van der Waals surface area contributed by atoms with E-state index in [2.05, 4.69) is 56.7 Å². The van der Waals surface area contributed by atoms with Crippen LogP contribution in [-0.4, -0.2) is 62.1 Å². The van der Waals surface area contributed by atoms with Crippen LogP contribution in [0.15, 0.2) is 29.3 Å². The molecule has 5 nitrogen and oxygen atoms in total. The average molecular weight is 358 g/mol. The van der Waals surface area contributed by atoms with Crippen LogP contribution >= 0.6 is 0 Å². The Morgan fingerprint density at radius 2 is 1.73 bits per heavy atom. The molecule has 0 saturated carbocycles. The van der Waals surface area contributed by atoms with Crippen LogP contribution in [0.1, 0.15) is 43.2 Å². The number of hydrogen-bond donors (Lipinski definition) is 2. The van der Waals surface area contributed by atoms with Crippen molar-refractivity contribution in [3.63, 3.8) is 0 Å². The van der Waals surface area contributed by atoms with E-state index in [-0.39, 0.29) is 0 Å². The molecule has 2 heterocycles. The summed E-state index contributed by atoms with van der Waals surface area (Å²) in [6, 6.07) is 9.65. The molecule has 1 aromatic rings. The summed E-state index contributed by atoms with van der Waals surface area (Å²) in [5.74, 6) is 0.891. The molecule has 1 unspecified atom stereocenters. The van der Waals surface area contributed by atoms with Gasteiger partial charge in [0.05, 0.1) is 0 Å². The van der Waals surface area contributed by atoms with Crippen molar-refractivity contribution in [2.24, 2.45) is 4.99 Å². The molecule has 26 heavy (non-hydrogen) atoms. The van der Waals surface area contributed by atoms with E-state index in [1.165, 1.54) is 62.9 Å². The SMILES string of the molecule is CN=C(NCc1ccc(CN2CCCCC2)cc1)NCC1CCCN1C. The highest BCUT2D eigenvalue weighted by Crippen LogP contribution is 2.14. The maximum Gasteiger partial charge on any atom is 0.191 e. The third kappa shape index (κ3) is 5.71. The first kappa shape index (κ1) is 19.2. The summed E-state index contributed by atoms with van der Waals surface area (Å²) >= 11 is 0. The van der Waals surface area contributed by atoms with Gasteiger partial charge in [0.1, 0.15) is 0 Å². The average Bonchev–Trinajstić information content (AvgIpc) is 3.09. The number of guanidine groups is 1. The van der Waals surface area contributed by atoms with Crippen LogP contribution in [0.4, 0.5) is 0 Å². The van der Waals surface area contributed by atoms with Crippen LogP contribution in [0.3, 0.4) is 0 Å². The summed E-state index contributed by atoms with van der Waals surface area (Å²) in [5.41, 5.74) is 2.72. The zero-order valence-corrected chi connectivity index (χ0v) is 16.5. The Hall–Kier alpha value is -1.59. The molecule has 2 aliphatic rings. The molecule has 2 N–H and O–H groups in total. The summed E-state index contributed by atoms with van der Waals surface area (Å²) in [5, 5.41) is 6.90. The first-order valence-electron chi connectivity index (χ1n) is 10.2. The van der Waals surface area contributed by atoms with Crippen LogP contribution in [0.2, 0.25) is 0 Å². The molecule has 1 atom stereocenters. The number of likely N-dealkylation sites (N-methyl/N-ethyl adjacent to an activating group) is 1. The lowest BCUT2D eigenvalue weighted by molar-refractivity contribution is 0.221. The maximum atomic E-state index is 4.35. The van der Waals surface area contributed by atoms with Gasteiger partial charge in [-0.1, -0.05) is 30.7 Å². The first-order chi connectivity index (χ1) is 12.7. The maximum absolute atomic E-state index is 4.35. The second kappa shape index (κ2) is 9.93. The highest BCUT2D eigenvalue weighted by molar-refractivity contribution is 5.79. The molecule has 2 saturated heterocycles. The Morgan fingerprint density at radius 3 is 2.38 bits per heavy atom. The lowest BCUT2D eigenvalue weighted by Gasteiger charge is -2.26. The van der Waals surface area contributed by atoms with Crippen LogP contribution in [-0.2, 0) is 13.1 Å². The molecule has 3 rings (SSSR count). The number of aliphatic imine (C=N–C) groups is 1. The van der Waals surface area contributed by atoms with Crippen molar-refractivity contribution in [2.45, 2.75) is 51.2 Å². The Labute approximate surface area is 158 Å². The van der Waals surface area contributed by atoms with Gasteiger partial charge in [-0.2, -0.15) is 0 Å².